The quantitative estimate of drug-likeness (QED) is 0.334. The number of carbonyl (C=O) groups excluding carboxylic acids is 1. The number of benzene rings is 1. The van der Waals surface area contributed by atoms with Crippen molar-refractivity contribution >= 4 is 28.6 Å². The first-order valence-corrected chi connectivity index (χ1v) is 11.8. The average molecular weight is 441 g/mol. The molecule has 0 saturated heterocycles. The molecular weight excluding hydrogens is 404 g/mol. The Hall–Kier alpha value is -2.27. The molecule has 0 fully saturated rings. The minimum absolute atomic E-state index is 0.0715. The van der Waals surface area contributed by atoms with Gasteiger partial charge in [-0.05, 0) is 74.6 Å². The van der Waals surface area contributed by atoms with E-state index in [9.17, 15) is 4.79 Å². The molecule has 0 aliphatic carbocycles. The third-order valence-electron chi connectivity index (χ3n) is 5.06. The van der Waals surface area contributed by atoms with Crippen LogP contribution < -0.4 is 0 Å². The van der Waals surface area contributed by atoms with Crippen molar-refractivity contribution in [2.24, 2.45) is 0 Å². The maximum Gasteiger partial charge on any atom is 0.321 e. The molecule has 168 valence electrons. The van der Waals surface area contributed by atoms with Crippen LogP contribution in [0, 0.1) is 6.92 Å². The van der Waals surface area contributed by atoms with E-state index in [1.807, 2.05) is 40.8 Å². The number of hydrogen-bond acceptors (Lipinski definition) is 4. The van der Waals surface area contributed by atoms with Gasteiger partial charge in [0.1, 0.15) is 4.75 Å². The summed E-state index contributed by atoms with van der Waals surface area (Å²) in [7, 11) is 0. The molecule has 0 radical (unpaired) electrons. The molecule has 3 aromatic rings. The molecule has 0 bridgehead atoms. The van der Waals surface area contributed by atoms with Crippen LogP contribution in [0.3, 0.4) is 0 Å². The normalized spacial score (nSPS) is 11.8. The van der Waals surface area contributed by atoms with Gasteiger partial charge in [-0.25, -0.2) is 0 Å². The lowest BCUT2D eigenvalue weighted by Gasteiger charge is -2.22. The van der Waals surface area contributed by atoms with Crippen molar-refractivity contribution in [2.75, 3.05) is 6.61 Å². The maximum atomic E-state index is 12.3. The van der Waals surface area contributed by atoms with Crippen molar-refractivity contribution in [3.05, 3.63) is 47.7 Å². The highest BCUT2D eigenvalue weighted by Crippen LogP contribution is 2.39. The zero-order chi connectivity index (χ0) is 23.4. The lowest BCUT2D eigenvalue weighted by atomic mass is 9.87. The summed E-state index contributed by atoms with van der Waals surface area (Å²) in [4.78, 5) is 21.4. The van der Waals surface area contributed by atoms with Crippen molar-refractivity contribution in [1.29, 1.82) is 0 Å². The third kappa shape index (κ3) is 5.70. The van der Waals surface area contributed by atoms with Crippen molar-refractivity contribution in [2.45, 2.75) is 77.4 Å². The van der Waals surface area contributed by atoms with E-state index in [1.54, 1.807) is 11.8 Å². The topological polar surface area (TPSA) is 55.0 Å². The summed E-state index contributed by atoms with van der Waals surface area (Å²) in [5.41, 5.74) is 5.49. The molecule has 2 heterocycles. The van der Waals surface area contributed by atoms with Gasteiger partial charge in [0.25, 0.3) is 0 Å². The highest BCUT2D eigenvalue weighted by molar-refractivity contribution is 8.01. The first-order chi connectivity index (χ1) is 14.5. The fraction of sp³-hybridized carbons (Fsp3) is 0.462. The van der Waals surface area contributed by atoms with Crippen molar-refractivity contribution in [3.8, 4) is 11.4 Å². The molecule has 4 nitrogen and oxygen atoms in total. The minimum atomic E-state index is -0.643. The zero-order valence-corrected chi connectivity index (χ0v) is 21.2. The first-order valence-electron chi connectivity index (χ1n) is 11.0. The molecule has 0 aliphatic heterocycles. The van der Waals surface area contributed by atoms with E-state index >= 15 is 0 Å². The number of carbonyl (C=O) groups is 1. The Labute approximate surface area is 191 Å². The van der Waals surface area contributed by atoms with E-state index < -0.39 is 4.75 Å². The van der Waals surface area contributed by atoms with E-state index in [0.29, 0.717) is 6.61 Å². The summed E-state index contributed by atoms with van der Waals surface area (Å²) in [5, 5.41) is 1.15. The maximum absolute atomic E-state index is 12.3. The van der Waals surface area contributed by atoms with E-state index in [0.717, 1.165) is 32.7 Å². The summed E-state index contributed by atoms with van der Waals surface area (Å²) in [5.74, 6) is -0.192. The van der Waals surface area contributed by atoms with E-state index in [1.165, 1.54) is 5.56 Å². The van der Waals surface area contributed by atoms with E-state index in [4.69, 9.17) is 4.74 Å². The molecule has 0 aliphatic rings. The van der Waals surface area contributed by atoms with Gasteiger partial charge < -0.3 is 9.72 Å². The summed E-state index contributed by atoms with van der Waals surface area (Å²) in [6.07, 6.45) is 1.87. The SMILES string of the molecule is CC.CCOC(=O)C(C)(C)Sc1ccc2[nH]c(-c3cc(C(C)(C)C)ccn3)cc2c1C. The number of hydrogen-bond donors (Lipinski definition) is 1. The number of aromatic nitrogens is 2. The van der Waals surface area contributed by atoms with Gasteiger partial charge in [0.15, 0.2) is 0 Å². The number of aromatic amines is 1. The van der Waals surface area contributed by atoms with Gasteiger partial charge in [0.2, 0.25) is 0 Å². The number of nitrogens with zero attached hydrogens (tertiary/aromatic N) is 1. The van der Waals surface area contributed by atoms with Crippen LogP contribution in [-0.2, 0) is 14.9 Å². The second kappa shape index (κ2) is 9.90. The van der Waals surface area contributed by atoms with Crippen LogP contribution in [0.25, 0.3) is 22.3 Å². The molecule has 0 amide bonds. The average Bonchev–Trinajstić information content (AvgIpc) is 3.16. The highest BCUT2D eigenvalue weighted by atomic mass is 32.2. The number of thioether (sulfide) groups is 1. The van der Waals surface area contributed by atoms with Crippen molar-refractivity contribution in [3.63, 3.8) is 0 Å². The second-order valence-electron chi connectivity index (χ2n) is 8.85. The molecule has 0 unspecified atom stereocenters. The number of ether oxygens (including phenoxy) is 1. The fourth-order valence-corrected chi connectivity index (χ4v) is 4.33. The lowest BCUT2D eigenvalue weighted by Crippen LogP contribution is -2.30. The number of H-pyrrole nitrogens is 1. The van der Waals surface area contributed by atoms with Gasteiger partial charge in [0, 0.05) is 22.0 Å². The predicted octanol–water partition coefficient (Wildman–Crippen LogP) is 7.30. The number of pyridine rings is 1. The number of rotatable bonds is 5. The number of nitrogens with one attached hydrogen (secondary N) is 1. The summed E-state index contributed by atoms with van der Waals surface area (Å²) in [6, 6.07) is 10.5. The summed E-state index contributed by atoms with van der Waals surface area (Å²) in [6.45, 7) is 18.8. The summed E-state index contributed by atoms with van der Waals surface area (Å²) < 4.78 is 4.59. The molecule has 31 heavy (non-hydrogen) atoms. The standard InChI is InChI=1S/C24H30N2O2S.C2H6/c1-8-28-22(27)24(6,7)29-21-10-9-18-17(15(21)2)14-20(26-18)19-13-16(11-12-25-19)23(3,4)5;1-2/h9-14,26H,8H2,1-7H3;1-2H3. The Morgan fingerprint density at radius 1 is 1.10 bits per heavy atom. The van der Waals surface area contributed by atoms with Crippen molar-refractivity contribution in [1.82, 2.24) is 9.97 Å². The number of esters is 1. The summed E-state index contributed by atoms with van der Waals surface area (Å²) >= 11 is 1.54. The smallest absolute Gasteiger partial charge is 0.321 e. The number of fused-ring (bicyclic) bond motifs is 1. The second-order valence-corrected chi connectivity index (χ2v) is 10.5. The molecule has 1 N–H and O–H groups in total. The Morgan fingerprint density at radius 3 is 2.39 bits per heavy atom. The molecule has 1 aromatic carbocycles. The van der Waals surface area contributed by atoms with Crippen LogP contribution >= 0.6 is 11.8 Å². The van der Waals surface area contributed by atoms with E-state index in [2.05, 4.69) is 68.0 Å². The Kier molecular flexibility index (Phi) is 7.98. The minimum Gasteiger partial charge on any atom is -0.465 e. The molecule has 5 heteroatoms. The lowest BCUT2D eigenvalue weighted by molar-refractivity contribution is -0.145. The van der Waals surface area contributed by atoms with Gasteiger partial charge in [0.05, 0.1) is 18.0 Å². The largest absolute Gasteiger partial charge is 0.465 e. The monoisotopic (exact) mass is 440 g/mol. The van der Waals surface area contributed by atoms with Gasteiger partial charge >= 0.3 is 5.97 Å². The van der Waals surface area contributed by atoms with Crippen LogP contribution in [0.2, 0.25) is 0 Å². The number of aryl methyl sites for hydroxylation is 1. The molecule has 0 atom stereocenters. The van der Waals surface area contributed by atoms with E-state index in [-0.39, 0.29) is 11.4 Å². The molecular formula is C26H36N2O2S. The molecule has 2 aromatic heterocycles. The molecule has 0 saturated carbocycles. The molecule has 3 rings (SSSR count). The van der Waals surface area contributed by atoms with Gasteiger partial charge in [-0.2, -0.15) is 0 Å². The Balaban J connectivity index is 0.00000166. The molecule has 0 spiro atoms. The van der Waals surface area contributed by atoms with Crippen LogP contribution in [0.4, 0.5) is 0 Å². The van der Waals surface area contributed by atoms with Crippen LogP contribution in [0.5, 0.6) is 0 Å². The van der Waals surface area contributed by atoms with Crippen LogP contribution in [0.1, 0.15) is 66.5 Å². The predicted molar refractivity (Wildman–Crippen MR) is 133 cm³/mol. The highest BCUT2D eigenvalue weighted by Gasteiger charge is 2.31. The third-order valence-corrected chi connectivity index (χ3v) is 6.40. The first kappa shape index (κ1) is 25.0. The fourth-order valence-electron chi connectivity index (χ4n) is 3.24. The van der Waals surface area contributed by atoms with Gasteiger partial charge in [-0.1, -0.05) is 34.6 Å². The Morgan fingerprint density at radius 2 is 1.77 bits per heavy atom. The van der Waals surface area contributed by atoms with Crippen LogP contribution in [-0.4, -0.2) is 27.3 Å². The van der Waals surface area contributed by atoms with Gasteiger partial charge in [-0.3, -0.25) is 9.78 Å². The zero-order valence-electron chi connectivity index (χ0n) is 20.3. The van der Waals surface area contributed by atoms with Crippen LogP contribution in [0.15, 0.2) is 41.4 Å². The van der Waals surface area contributed by atoms with Crippen molar-refractivity contribution < 1.29 is 9.53 Å². The van der Waals surface area contributed by atoms with Gasteiger partial charge in [-0.15, -0.1) is 11.8 Å². The Bertz CT molecular complexity index is 1050.